The van der Waals surface area contributed by atoms with Crippen molar-refractivity contribution in [2.75, 3.05) is 13.7 Å². The number of hydrogen-bond donors (Lipinski definition) is 1. The molecule has 0 saturated heterocycles. The minimum absolute atomic E-state index is 0.121. The normalized spacial score (nSPS) is 11.5. The summed E-state index contributed by atoms with van der Waals surface area (Å²) in [5, 5.41) is 9.01. The van der Waals surface area contributed by atoms with Crippen molar-refractivity contribution in [3.63, 3.8) is 0 Å². The predicted octanol–water partition coefficient (Wildman–Crippen LogP) is 2.78. The minimum Gasteiger partial charge on any atom is -0.497 e. The van der Waals surface area contributed by atoms with Gasteiger partial charge in [0.1, 0.15) is 35.1 Å². The average Bonchev–Trinajstić information content (AvgIpc) is 2.53. The van der Waals surface area contributed by atoms with E-state index >= 15 is 0 Å². The topological polar surface area (TPSA) is 68.3 Å². The first kappa shape index (κ1) is 14.8. The molecule has 0 aliphatic heterocycles. The minimum atomic E-state index is -0.611. The van der Waals surface area contributed by atoms with Crippen molar-refractivity contribution in [3.8, 4) is 17.6 Å². The number of nitrogens with two attached hydrogens (primary N) is 1. The Balaban J connectivity index is 2.27. The van der Waals surface area contributed by atoms with Crippen molar-refractivity contribution in [2.45, 2.75) is 6.10 Å². The van der Waals surface area contributed by atoms with Crippen LogP contribution in [0.5, 0.6) is 11.5 Å². The Labute approximate surface area is 122 Å². The highest BCUT2D eigenvalue weighted by molar-refractivity contribution is 5.44. The van der Waals surface area contributed by atoms with Gasteiger partial charge in [0.05, 0.1) is 7.11 Å². The Bertz CT molecular complexity index is 650. The lowest BCUT2D eigenvalue weighted by Gasteiger charge is -2.19. The molecular formula is C16H15FN2O2. The highest BCUT2D eigenvalue weighted by atomic mass is 19.1. The quantitative estimate of drug-likeness (QED) is 0.917. The van der Waals surface area contributed by atoms with Gasteiger partial charge in [-0.25, -0.2) is 4.39 Å². The molecule has 0 aromatic heterocycles. The first-order valence-corrected chi connectivity index (χ1v) is 6.39. The summed E-state index contributed by atoms with van der Waals surface area (Å²) in [7, 11) is 1.58. The summed E-state index contributed by atoms with van der Waals surface area (Å²) in [6, 6.07) is 13.3. The third-order valence-corrected chi connectivity index (χ3v) is 3.06. The van der Waals surface area contributed by atoms with E-state index in [1.165, 1.54) is 12.1 Å². The Morgan fingerprint density at radius 2 is 1.95 bits per heavy atom. The van der Waals surface area contributed by atoms with Gasteiger partial charge in [-0.15, -0.1) is 0 Å². The monoisotopic (exact) mass is 286 g/mol. The molecule has 108 valence electrons. The Kier molecular flexibility index (Phi) is 4.75. The first-order valence-electron chi connectivity index (χ1n) is 6.39. The molecule has 2 N–H and O–H groups in total. The summed E-state index contributed by atoms with van der Waals surface area (Å²) < 4.78 is 24.3. The van der Waals surface area contributed by atoms with E-state index in [0.717, 1.165) is 11.3 Å². The molecule has 0 heterocycles. The van der Waals surface area contributed by atoms with E-state index in [1.54, 1.807) is 31.4 Å². The van der Waals surface area contributed by atoms with Gasteiger partial charge >= 0.3 is 0 Å². The second kappa shape index (κ2) is 6.73. The molecule has 5 heteroatoms. The van der Waals surface area contributed by atoms with Crippen LogP contribution in [0.25, 0.3) is 0 Å². The molecule has 2 rings (SSSR count). The molecule has 0 spiro atoms. The van der Waals surface area contributed by atoms with E-state index in [9.17, 15) is 4.39 Å². The van der Waals surface area contributed by atoms with E-state index in [-0.39, 0.29) is 17.9 Å². The van der Waals surface area contributed by atoms with E-state index in [2.05, 4.69) is 0 Å². The zero-order valence-corrected chi connectivity index (χ0v) is 11.5. The highest BCUT2D eigenvalue weighted by Gasteiger charge is 2.16. The summed E-state index contributed by atoms with van der Waals surface area (Å²) in [5.41, 5.74) is 6.42. The number of nitrogens with zero attached hydrogens (tertiary/aromatic N) is 1. The van der Waals surface area contributed by atoms with Gasteiger partial charge in [-0.05, 0) is 29.8 Å². The third kappa shape index (κ3) is 3.30. The third-order valence-electron chi connectivity index (χ3n) is 3.06. The van der Waals surface area contributed by atoms with Gasteiger partial charge in [0, 0.05) is 6.54 Å². The van der Waals surface area contributed by atoms with Crippen molar-refractivity contribution in [3.05, 3.63) is 59.4 Å². The second-order valence-electron chi connectivity index (χ2n) is 4.34. The van der Waals surface area contributed by atoms with Gasteiger partial charge in [-0.1, -0.05) is 18.2 Å². The zero-order valence-electron chi connectivity index (χ0n) is 11.5. The predicted molar refractivity (Wildman–Crippen MR) is 76.5 cm³/mol. The number of methoxy groups -OCH3 is 1. The van der Waals surface area contributed by atoms with Gasteiger partial charge < -0.3 is 15.2 Å². The van der Waals surface area contributed by atoms with E-state index in [1.807, 2.05) is 12.1 Å². The maximum atomic E-state index is 13.6. The summed E-state index contributed by atoms with van der Waals surface area (Å²) >= 11 is 0. The molecule has 0 fully saturated rings. The van der Waals surface area contributed by atoms with Crippen LogP contribution in [0.2, 0.25) is 0 Å². The smallest absolute Gasteiger partial charge is 0.144 e. The molecular weight excluding hydrogens is 271 g/mol. The van der Waals surface area contributed by atoms with Gasteiger partial charge in [0.15, 0.2) is 0 Å². The summed E-state index contributed by atoms with van der Waals surface area (Å²) in [4.78, 5) is 0. The van der Waals surface area contributed by atoms with Crippen molar-refractivity contribution < 1.29 is 13.9 Å². The van der Waals surface area contributed by atoms with Crippen molar-refractivity contribution in [1.29, 1.82) is 5.26 Å². The van der Waals surface area contributed by atoms with Crippen molar-refractivity contribution in [1.82, 2.24) is 0 Å². The number of rotatable bonds is 5. The number of hydrogen-bond acceptors (Lipinski definition) is 4. The highest BCUT2D eigenvalue weighted by Crippen LogP contribution is 2.27. The molecule has 0 radical (unpaired) electrons. The Morgan fingerprint density at radius 3 is 2.52 bits per heavy atom. The standard InChI is InChI=1S/C16H15FN2O2/c1-20-12-7-5-11(6-8-12)16(10-19)21-15-4-2-3-14(17)13(15)9-18/h2-8,16H,10,19H2,1H3. The summed E-state index contributed by atoms with van der Waals surface area (Å²) in [6.45, 7) is 0.202. The fourth-order valence-corrected chi connectivity index (χ4v) is 1.94. The molecule has 21 heavy (non-hydrogen) atoms. The molecule has 1 unspecified atom stereocenters. The maximum absolute atomic E-state index is 13.6. The molecule has 0 saturated carbocycles. The second-order valence-corrected chi connectivity index (χ2v) is 4.34. The number of ether oxygens (including phenoxy) is 2. The van der Waals surface area contributed by atoms with Crippen LogP contribution in [0.3, 0.4) is 0 Å². The number of halogens is 1. The van der Waals surface area contributed by atoms with Crippen LogP contribution in [0.1, 0.15) is 17.2 Å². The molecule has 4 nitrogen and oxygen atoms in total. The van der Waals surface area contributed by atoms with E-state index < -0.39 is 11.9 Å². The zero-order chi connectivity index (χ0) is 15.2. The van der Waals surface area contributed by atoms with Crippen LogP contribution in [-0.2, 0) is 0 Å². The van der Waals surface area contributed by atoms with Crippen LogP contribution in [0.15, 0.2) is 42.5 Å². The fraction of sp³-hybridized carbons (Fsp3) is 0.188. The maximum Gasteiger partial charge on any atom is 0.144 e. The molecule has 0 bridgehead atoms. The van der Waals surface area contributed by atoms with E-state index in [4.69, 9.17) is 20.5 Å². The SMILES string of the molecule is COc1ccc(C(CN)Oc2cccc(F)c2C#N)cc1. The van der Waals surface area contributed by atoms with Crippen LogP contribution < -0.4 is 15.2 Å². The molecule has 0 amide bonds. The van der Waals surface area contributed by atoms with Gasteiger partial charge in [-0.3, -0.25) is 0 Å². The molecule has 2 aromatic rings. The lowest BCUT2D eigenvalue weighted by molar-refractivity contribution is 0.212. The molecule has 1 atom stereocenters. The lowest BCUT2D eigenvalue weighted by Crippen LogP contribution is -2.19. The van der Waals surface area contributed by atoms with Gasteiger partial charge in [-0.2, -0.15) is 5.26 Å². The summed E-state index contributed by atoms with van der Waals surface area (Å²) in [5.74, 6) is 0.294. The Hall–Kier alpha value is -2.58. The molecule has 0 aliphatic carbocycles. The van der Waals surface area contributed by atoms with E-state index in [0.29, 0.717) is 0 Å². The fourth-order valence-electron chi connectivity index (χ4n) is 1.94. The number of nitriles is 1. The first-order chi connectivity index (χ1) is 10.2. The van der Waals surface area contributed by atoms with Crippen molar-refractivity contribution >= 4 is 0 Å². The van der Waals surface area contributed by atoms with Gasteiger partial charge in [0.25, 0.3) is 0 Å². The summed E-state index contributed by atoms with van der Waals surface area (Å²) in [6.07, 6.45) is -0.468. The van der Waals surface area contributed by atoms with Gasteiger partial charge in [0.2, 0.25) is 0 Å². The average molecular weight is 286 g/mol. The van der Waals surface area contributed by atoms with Crippen molar-refractivity contribution in [2.24, 2.45) is 5.73 Å². The largest absolute Gasteiger partial charge is 0.497 e. The Morgan fingerprint density at radius 1 is 1.24 bits per heavy atom. The van der Waals surface area contributed by atoms with Crippen LogP contribution in [0.4, 0.5) is 4.39 Å². The van der Waals surface area contributed by atoms with Crippen LogP contribution in [0, 0.1) is 17.1 Å². The molecule has 0 aliphatic rings. The van der Waals surface area contributed by atoms with Crippen LogP contribution >= 0.6 is 0 Å². The molecule has 2 aromatic carbocycles. The lowest BCUT2D eigenvalue weighted by atomic mass is 10.1. The number of benzene rings is 2. The van der Waals surface area contributed by atoms with Crippen LogP contribution in [-0.4, -0.2) is 13.7 Å².